The number of esters is 2. The molecule has 0 spiro atoms. The summed E-state index contributed by atoms with van der Waals surface area (Å²) in [6.45, 7) is 9.72. The van der Waals surface area contributed by atoms with Crippen LogP contribution in [0.5, 0.6) is 11.5 Å². The molecule has 0 saturated heterocycles. The Hall–Kier alpha value is -4.26. The van der Waals surface area contributed by atoms with E-state index in [9.17, 15) is 19.8 Å². The van der Waals surface area contributed by atoms with E-state index < -0.39 is 29.1 Å². The molecule has 0 aliphatic heterocycles. The number of benzene rings is 4. The topological polar surface area (TPSA) is 93.1 Å². The third kappa shape index (κ3) is 3.71. The molecule has 0 saturated carbocycles. The van der Waals surface area contributed by atoms with Crippen LogP contribution in [0.4, 0.5) is 0 Å². The van der Waals surface area contributed by atoms with Crippen molar-refractivity contribution in [2.75, 3.05) is 0 Å². The second-order valence-corrected chi connectivity index (χ2v) is 11.6. The quantitative estimate of drug-likeness (QED) is 0.200. The van der Waals surface area contributed by atoms with Gasteiger partial charge >= 0.3 is 11.9 Å². The van der Waals surface area contributed by atoms with Crippen molar-refractivity contribution in [3.63, 3.8) is 0 Å². The van der Waals surface area contributed by atoms with Gasteiger partial charge < -0.3 is 19.7 Å². The van der Waals surface area contributed by atoms with Crippen molar-refractivity contribution >= 4 is 22.7 Å². The number of rotatable bonds is 4. The fourth-order valence-corrected chi connectivity index (χ4v) is 6.20. The number of ether oxygens (including phenoxy) is 2. The van der Waals surface area contributed by atoms with Crippen LogP contribution >= 0.6 is 0 Å². The molecule has 0 radical (unpaired) electrons. The van der Waals surface area contributed by atoms with Crippen molar-refractivity contribution in [2.45, 2.75) is 43.8 Å². The van der Waals surface area contributed by atoms with E-state index in [1.54, 1.807) is 48.5 Å². The van der Waals surface area contributed by atoms with Gasteiger partial charge in [0.25, 0.3) is 0 Å². The normalized spacial score (nSPS) is 22.8. The number of hydrogen-bond acceptors (Lipinski definition) is 6. The summed E-state index contributed by atoms with van der Waals surface area (Å²) in [6.07, 6.45) is 1.04. The zero-order valence-corrected chi connectivity index (χ0v) is 22.6. The zero-order valence-electron chi connectivity index (χ0n) is 22.6. The lowest BCUT2D eigenvalue weighted by Crippen LogP contribution is -2.57. The van der Waals surface area contributed by atoms with Crippen LogP contribution in [0.3, 0.4) is 0 Å². The highest BCUT2D eigenvalue weighted by atomic mass is 16.5. The van der Waals surface area contributed by atoms with Gasteiger partial charge in [-0.2, -0.15) is 0 Å². The molecule has 4 aromatic carbocycles. The van der Waals surface area contributed by atoms with Gasteiger partial charge in [-0.15, -0.1) is 0 Å². The number of carbonyl (C=O) groups excluding carboxylic acids is 2. The molecular formula is C34H30O6. The van der Waals surface area contributed by atoms with Crippen LogP contribution in [0.1, 0.15) is 55.0 Å². The highest BCUT2D eigenvalue weighted by Gasteiger charge is 2.62. The van der Waals surface area contributed by atoms with Crippen LogP contribution in [-0.4, -0.2) is 22.2 Å². The molecule has 0 amide bonds. The average Bonchev–Trinajstić information content (AvgIpc) is 2.95. The minimum Gasteiger partial charge on any atom is -0.426 e. The Morgan fingerprint density at radius 3 is 2.02 bits per heavy atom. The molecule has 4 aromatic rings. The van der Waals surface area contributed by atoms with Crippen molar-refractivity contribution in [2.24, 2.45) is 5.92 Å². The molecule has 6 nitrogen and oxygen atoms in total. The minimum absolute atomic E-state index is 0.0348. The maximum absolute atomic E-state index is 13.9. The number of carbonyl (C=O) groups is 2. The van der Waals surface area contributed by atoms with Crippen LogP contribution in [0.25, 0.3) is 10.8 Å². The Bertz CT molecular complexity index is 1710. The summed E-state index contributed by atoms with van der Waals surface area (Å²) in [4.78, 5) is 25.7. The predicted molar refractivity (Wildman–Crippen MR) is 151 cm³/mol. The van der Waals surface area contributed by atoms with Gasteiger partial charge in [0.1, 0.15) is 22.7 Å². The van der Waals surface area contributed by atoms with Crippen LogP contribution in [-0.2, 0) is 26.2 Å². The van der Waals surface area contributed by atoms with Gasteiger partial charge in [-0.1, -0.05) is 94.1 Å². The van der Waals surface area contributed by atoms with Gasteiger partial charge in [-0.3, -0.25) is 4.79 Å². The summed E-state index contributed by atoms with van der Waals surface area (Å²) in [5, 5.41) is 25.8. The Labute approximate surface area is 232 Å². The van der Waals surface area contributed by atoms with Gasteiger partial charge in [0, 0.05) is 23.3 Å². The van der Waals surface area contributed by atoms with E-state index in [0.717, 1.165) is 11.6 Å². The molecule has 3 aliphatic carbocycles. The van der Waals surface area contributed by atoms with Crippen molar-refractivity contribution in [3.05, 3.63) is 119 Å². The Balaban J connectivity index is 1.44. The maximum Gasteiger partial charge on any atom is 0.335 e. The van der Waals surface area contributed by atoms with Crippen LogP contribution in [0.15, 0.2) is 91.5 Å². The fourth-order valence-electron chi connectivity index (χ4n) is 6.20. The molecule has 40 heavy (non-hydrogen) atoms. The first kappa shape index (κ1) is 26.0. The summed E-state index contributed by atoms with van der Waals surface area (Å²) in [7, 11) is 0. The van der Waals surface area contributed by atoms with Gasteiger partial charge in [0.15, 0.2) is 0 Å². The van der Waals surface area contributed by atoms with Crippen molar-refractivity contribution in [3.8, 4) is 11.5 Å². The van der Waals surface area contributed by atoms with Gasteiger partial charge in [-0.25, -0.2) is 4.79 Å². The Kier molecular flexibility index (Phi) is 5.77. The molecule has 3 unspecified atom stereocenters. The van der Waals surface area contributed by atoms with Crippen LogP contribution in [0, 0.1) is 5.92 Å². The van der Waals surface area contributed by atoms with Crippen molar-refractivity contribution < 1.29 is 29.3 Å². The average molecular weight is 535 g/mol. The van der Waals surface area contributed by atoms with E-state index in [2.05, 4.69) is 27.4 Å². The van der Waals surface area contributed by atoms with E-state index in [0.29, 0.717) is 38.8 Å². The Morgan fingerprint density at radius 2 is 1.40 bits per heavy atom. The maximum atomic E-state index is 13.9. The summed E-state index contributed by atoms with van der Waals surface area (Å²) in [5.74, 6) is -1.77. The first-order valence-corrected chi connectivity index (χ1v) is 13.3. The van der Waals surface area contributed by atoms with Crippen LogP contribution < -0.4 is 9.47 Å². The van der Waals surface area contributed by atoms with Crippen molar-refractivity contribution in [1.82, 2.24) is 0 Å². The molecular weight excluding hydrogens is 504 g/mol. The smallest absolute Gasteiger partial charge is 0.335 e. The summed E-state index contributed by atoms with van der Waals surface area (Å²) in [5.41, 5.74) is -0.107. The predicted octanol–water partition coefficient (Wildman–Crippen LogP) is 5.64. The highest BCUT2D eigenvalue weighted by molar-refractivity contribution is 5.97. The Morgan fingerprint density at radius 1 is 0.825 bits per heavy atom. The van der Waals surface area contributed by atoms with E-state index in [1.807, 2.05) is 30.3 Å². The van der Waals surface area contributed by atoms with E-state index in [-0.39, 0.29) is 17.6 Å². The third-order valence-electron chi connectivity index (χ3n) is 8.25. The minimum atomic E-state index is -1.70. The zero-order chi connectivity index (χ0) is 28.4. The molecule has 7 rings (SSSR count). The first-order chi connectivity index (χ1) is 19.0. The summed E-state index contributed by atoms with van der Waals surface area (Å²) >= 11 is 0. The monoisotopic (exact) mass is 534 g/mol. The van der Waals surface area contributed by atoms with Gasteiger partial charge in [-0.05, 0) is 45.4 Å². The number of fused-ring (bicyclic) bond motifs is 2. The van der Waals surface area contributed by atoms with Gasteiger partial charge in [0.2, 0.25) is 0 Å². The first-order valence-electron chi connectivity index (χ1n) is 13.3. The van der Waals surface area contributed by atoms with Crippen molar-refractivity contribution in [1.29, 1.82) is 0 Å². The molecule has 202 valence electrons. The van der Waals surface area contributed by atoms with Crippen LogP contribution in [0.2, 0.25) is 0 Å². The lowest BCUT2D eigenvalue weighted by atomic mass is 9.54. The van der Waals surface area contributed by atoms with E-state index in [4.69, 9.17) is 9.47 Å². The second-order valence-electron chi connectivity index (χ2n) is 11.6. The molecule has 6 heteroatoms. The molecule has 0 aromatic heterocycles. The third-order valence-corrected chi connectivity index (χ3v) is 8.25. The van der Waals surface area contributed by atoms with E-state index in [1.165, 1.54) is 0 Å². The summed E-state index contributed by atoms with van der Waals surface area (Å²) in [6, 6.07) is 23.1. The SMILES string of the molecule is C=CC(=O)Oc1ccc(OC(=O)C2CC3(O)c4ccccc4C2(O)c2ccc(C(C)(C)C)cc23)c2ccccc12. The molecule has 0 heterocycles. The number of hydrogen-bond donors (Lipinski definition) is 2. The van der Waals surface area contributed by atoms with E-state index >= 15 is 0 Å². The lowest BCUT2D eigenvalue weighted by Gasteiger charge is -2.54. The molecule has 0 fully saturated rings. The standard InChI is InChI=1S/C34H30O6/c1-5-30(35)39-28-16-17-29(22-11-7-6-10-21(22)28)40-31(36)27-19-33(37)23-12-8-9-13-24(23)34(27,38)25-15-14-20(18-26(25)33)32(2,3)4/h5-18,27,37-38H,1,19H2,2-4H3. The number of aliphatic hydroxyl groups is 2. The largest absolute Gasteiger partial charge is 0.426 e. The second kappa shape index (κ2) is 8.88. The fraction of sp³-hybridized carbons (Fsp3) is 0.235. The lowest BCUT2D eigenvalue weighted by molar-refractivity contribution is -0.157. The molecule has 2 bridgehead atoms. The molecule has 2 N–H and O–H groups in total. The molecule has 3 aliphatic rings. The summed E-state index contributed by atoms with van der Waals surface area (Å²) < 4.78 is 11.3. The highest BCUT2D eigenvalue weighted by Crippen LogP contribution is 2.60. The molecule has 3 atom stereocenters. The van der Waals surface area contributed by atoms with Gasteiger partial charge in [0.05, 0.1) is 5.92 Å².